The smallest absolute Gasteiger partial charge is 0.0967 e. The molecule has 0 amide bonds. The van der Waals surface area contributed by atoms with Gasteiger partial charge in [0.2, 0.25) is 0 Å². The van der Waals surface area contributed by atoms with Gasteiger partial charge >= 0.3 is 0 Å². The van der Waals surface area contributed by atoms with E-state index in [9.17, 15) is 0 Å². The summed E-state index contributed by atoms with van der Waals surface area (Å²) >= 11 is 0. The van der Waals surface area contributed by atoms with Gasteiger partial charge in [-0.3, -0.25) is 5.32 Å². The second kappa shape index (κ2) is 6.09. The standard InChI is InChI=1S/C12H23N3/c1-10(2)14-11(9-13)7-8-15(3)12-5-4-6-12/h10-12,14H,4-8H2,1-3H3. The molecule has 1 N–H and O–H groups in total. The van der Waals surface area contributed by atoms with Gasteiger partial charge in [0, 0.05) is 18.6 Å². The lowest BCUT2D eigenvalue weighted by molar-refractivity contribution is 0.155. The molecule has 1 saturated carbocycles. The lowest BCUT2D eigenvalue weighted by Gasteiger charge is -2.35. The third-order valence-corrected chi connectivity index (χ3v) is 3.16. The van der Waals surface area contributed by atoms with Crippen molar-refractivity contribution in [3.05, 3.63) is 0 Å². The van der Waals surface area contributed by atoms with Crippen molar-refractivity contribution in [2.24, 2.45) is 0 Å². The van der Waals surface area contributed by atoms with Gasteiger partial charge in [-0.15, -0.1) is 0 Å². The number of nitriles is 1. The zero-order valence-electron chi connectivity index (χ0n) is 10.2. The molecule has 1 unspecified atom stereocenters. The topological polar surface area (TPSA) is 39.1 Å². The van der Waals surface area contributed by atoms with Crippen molar-refractivity contribution in [2.45, 2.75) is 57.7 Å². The molecule has 15 heavy (non-hydrogen) atoms. The molecule has 0 aromatic rings. The number of rotatable bonds is 6. The second-order valence-corrected chi connectivity index (χ2v) is 4.86. The number of nitrogens with one attached hydrogen (secondary N) is 1. The van der Waals surface area contributed by atoms with Crippen LogP contribution in [-0.2, 0) is 0 Å². The van der Waals surface area contributed by atoms with Crippen LogP contribution < -0.4 is 5.32 Å². The van der Waals surface area contributed by atoms with Crippen LogP contribution in [0.3, 0.4) is 0 Å². The van der Waals surface area contributed by atoms with Crippen molar-refractivity contribution in [2.75, 3.05) is 13.6 Å². The Morgan fingerprint density at radius 3 is 2.53 bits per heavy atom. The molecule has 0 aromatic heterocycles. The Labute approximate surface area is 93.5 Å². The van der Waals surface area contributed by atoms with Crippen molar-refractivity contribution < 1.29 is 0 Å². The maximum absolute atomic E-state index is 8.97. The molecule has 3 heteroatoms. The van der Waals surface area contributed by atoms with Gasteiger partial charge in [0.15, 0.2) is 0 Å². The monoisotopic (exact) mass is 209 g/mol. The van der Waals surface area contributed by atoms with Crippen LogP contribution in [0.2, 0.25) is 0 Å². The van der Waals surface area contributed by atoms with Crippen molar-refractivity contribution in [1.29, 1.82) is 5.26 Å². The molecule has 0 bridgehead atoms. The van der Waals surface area contributed by atoms with E-state index in [-0.39, 0.29) is 6.04 Å². The Bertz CT molecular complexity index is 215. The summed E-state index contributed by atoms with van der Waals surface area (Å²) in [6.45, 7) is 5.20. The van der Waals surface area contributed by atoms with E-state index in [1.807, 2.05) is 0 Å². The summed E-state index contributed by atoms with van der Waals surface area (Å²) in [6, 6.07) is 3.51. The van der Waals surface area contributed by atoms with Gasteiger partial charge < -0.3 is 4.90 Å². The summed E-state index contributed by atoms with van der Waals surface area (Å²) in [5.41, 5.74) is 0. The van der Waals surface area contributed by atoms with Crippen molar-refractivity contribution in [3.63, 3.8) is 0 Å². The molecular formula is C12H23N3. The molecule has 1 atom stereocenters. The Hall–Kier alpha value is -0.590. The average molecular weight is 209 g/mol. The van der Waals surface area contributed by atoms with E-state index in [0.29, 0.717) is 6.04 Å². The summed E-state index contributed by atoms with van der Waals surface area (Å²) in [7, 11) is 2.17. The fraction of sp³-hybridized carbons (Fsp3) is 0.917. The molecule has 0 saturated heterocycles. The first-order chi connectivity index (χ1) is 7.13. The molecule has 1 aliphatic carbocycles. The van der Waals surface area contributed by atoms with Crippen LogP contribution in [0.5, 0.6) is 0 Å². The molecule has 0 aromatic carbocycles. The molecular weight excluding hydrogens is 186 g/mol. The third-order valence-electron chi connectivity index (χ3n) is 3.16. The van der Waals surface area contributed by atoms with Crippen molar-refractivity contribution in [1.82, 2.24) is 10.2 Å². The predicted molar refractivity (Wildman–Crippen MR) is 62.6 cm³/mol. The summed E-state index contributed by atoms with van der Waals surface area (Å²) in [5, 5.41) is 12.2. The molecule has 0 heterocycles. The van der Waals surface area contributed by atoms with Crippen LogP contribution in [0.4, 0.5) is 0 Å². The molecule has 1 fully saturated rings. The molecule has 0 spiro atoms. The van der Waals surface area contributed by atoms with Gasteiger partial charge in [0.1, 0.15) is 0 Å². The predicted octanol–water partition coefficient (Wildman–Crippen LogP) is 1.75. The van der Waals surface area contributed by atoms with E-state index < -0.39 is 0 Å². The first-order valence-electron chi connectivity index (χ1n) is 5.99. The Morgan fingerprint density at radius 2 is 2.13 bits per heavy atom. The Kier molecular flexibility index (Phi) is 5.07. The Morgan fingerprint density at radius 1 is 1.47 bits per heavy atom. The van der Waals surface area contributed by atoms with Gasteiger partial charge in [-0.05, 0) is 40.2 Å². The molecule has 1 aliphatic rings. The lowest BCUT2D eigenvalue weighted by atomic mass is 9.91. The maximum Gasteiger partial charge on any atom is 0.0967 e. The molecule has 1 rings (SSSR count). The minimum atomic E-state index is 0.00697. The molecule has 3 nitrogen and oxygen atoms in total. The van der Waals surface area contributed by atoms with E-state index in [1.54, 1.807) is 0 Å². The highest BCUT2D eigenvalue weighted by atomic mass is 15.1. The quantitative estimate of drug-likeness (QED) is 0.724. The highest BCUT2D eigenvalue weighted by Gasteiger charge is 2.22. The minimum absolute atomic E-state index is 0.00697. The number of hydrogen-bond donors (Lipinski definition) is 1. The average Bonchev–Trinajstić information content (AvgIpc) is 2.08. The van der Waals surface area contributed by atoms with E-state index >= 15 is 0 Å². The van der Waals surface area contributed by atoms with E-state index in [0.717, 1.165) is 19.0 Å². The molecule has 0 radical (unpaired) electrons. The van der Waals surface area contributed by atoms with Gasteiger partial charge in [-0.1, -0.05) is 6.42 Å². The van der Waals surface area contributed by atoms with Crippen LogP contribution in [0.15, 0.2) is 0 Å². The van der Waals surface area contributed by atoms with E-state index in [2.05, 4.69) is 37.2 Å². The van der Waals surface area contributed by atoms with Gasteiger partial charge in [0.05, 0.1) is 12.1 Å². The third kappa shape index (κ3) is 4.19. The second-order valence-electron chi connectivity index (χ2n) is 4.86. The first-order valence-corrected chi connectivity index (χ1v) is 5.99. The zero-order valence-corrected chi connectivity index (χ0v) is 10.2. The highest BCUT2D eigenvalue weighted by Crippen LogP contribution is 2.23. The minimum Gasteiger partial charge on any atom is -0.303 e. The zero-order chi connectivity index (χ0) is 11.3. The summed E-state index contributed by atoms with van der Waals surface area (Å²) in [4.78, 5) is 2.40. The van der Waals surface area contributed by atoms with Crippen molar-refractivity contribution >= 4 is 0 Å². The normalized spacial score (nSPS) is 18.9. The van der Waals surface area contributed by atoms with Crippen LogP contribution in [0.25, 0.3) is 0 Å². The van der Waals surface area contributed by atoms with E-state index in [1.165, 1.54) is 19.3 Å². The van der Waals surface area contributed by atoms with E-state index in [4.69, 9.17) is 5.26 Å². The van der Waals surface area contributed by atoms with Gasteiger partial charge in [-0.2, -0.15) is 5.26 Å². The summed E-state index contributed by atoms with van der Waals surface area (Å²) < 4.78 is 0. The fourth-order valence-corrected chi connectivity index (χ4v) is 1.93. The van der Waals surface area contributed by atoms with Crippen LogP contribution in [-0.4, -0.2) is 36.6 Å². The fourth-order valence-electron chi connectivity index (χ4n) is 1.93. The maximum atomic E-state index is 8.97. The molecule has 0 aliphatic heterocycles. The van der Waals surface area contributed by atoms with Gasteiger partial charge in [0.25, 0.3) is 0 Å². The first kappa shape index (κ1) is 12.5. The number of nitrogens with zero attached hydrogens (tertiary/aromatic N) is 2. The van der Waals surface area contributed by atoms with Gasteiger partial charge in [-0.25, -0.2) is 0 Å². The SMILES string of the molecule is CC(C)NC(C#N)CCN(C)C1CCC1. The van der Waals surface area contributed by atoms with Crippen LogP contribution in [0, 0.1) is 11.3 Å². The number of hydrogen-bond acceptors (Lipinski definition) is 3. The van der Waals surface area contributed by atoms with Crippen LogP contribution in [0.1, 0.15) is 39.5 Å². The highest BCUT2D eigenvalue weighted by molar-refractivity contribution is 4.91. The summed E-state index contributed by atoms with van der Waals surface area (Å²) in [5.74, 6) is 0. The van der Waals surface area contributed by atoms with Crippen molar-refractivity contribution in [3.8, 4) is 6.07 Å². The lowest BCUT2D eigenvalue weighted by Crippen LogP contribution is -2.41. The Balaban J connectivity index is 2.18. The van der Waals surface area contributed by atoms with Crippen LogP contribution >= 0.6 is 0 Å². The molecule has 86 valence electrons. The summed E-state index contributed by atoms with van der Waals surface area (Å²) in [6.07, 6.45) is 4.99. The largest absolute Gasteiger partial charge is 0.303 e.